The van der Waals surface area contributed by atoms with Crippen LogP contribution in [0.15, 0.2) is 24.5 Å². The van der Waals surface area contributed by atoms with Crippen LogP contribution in [0, 0.1) is 0 Å². The standard InChI is InChI=1S/C20H26B4N6O/c1-29-2-4-30(5-3-29)10-15(31)27-14-7-11-6-13(25-8-12(11)9-26-14)16-17(21)18(22)20(24)28-19(16)23/h6-9H,2-5,10,21-24H2,1H3,(H,26,27,31). The van der Waals surface area contributed by atoms with E-state index in [1.165, 1.54) is 10.9 Å². The molecular formula is C20H26B4N6O. The molecule has 0 unspecified atom stereocenters. The van der Waals surface area contributed by atoms with Crippen LogP contribution in [0.4, 0.5) is 5.82 Å². The molecule has 4 heterocycles. The van der Waals surface area contributed by atoms with Gasteiger partial charge < -0.3 is 10.2 Å². The largest absolute Gasteiger partial charge is 0.310 e. The first-order chi connectivity index (χ1) is 14.8. The van der Waals surface area contributed by atoms with Crippen molar-refractivity contribution in [1.82, 2.24) is 24.8 Å². The maximum absolute atomic E-state index is 12.5. The minimum absolute atomic E-state index is 0.0317. The molecule has 1 saturated heterocycles. The molecule has 31 heavy (non-hydrogen) atoms. The van der Waals surface area contributed by atoms with E-state index in [0.717, 1.165) is 59.4 Å². The molecule has 1 aliphatic rings. The number of piperazine rings is 1. The summed E-state index contributed by atoms with van der Waals surface area (Å²) in [6.07, 6.45) is 3.59. The van der Waals surface area contributed by atoms with Crippen molar-refractivity contribution >= 4 is 76.0 Å². The third-order valence-corrected chi connectivity index (χ3v) is 6.27. The predicted octanol–water partition coefficient (Wildman–Crippen LogP) is -5.09. The number of carbonyl (C=O) groups excluding carboxylic acids is 1. The second-order valence-corrected chi connectivity index (χ2v) is 8.52. The number of amides is 1. The number of nitrogens with zero attached hydrogens (tertiary/aromatic N) is 5. The summed E-state index contributed by atoms with van der Waals surface area (Å²) in [6, 6.07) is 3.97. The first-order valence-electron chi connectivity index (χ1n) is 10.7. The molecule has 0 spiro atoms. The van der Waals surface area contributed by atoms with Crippen molar-refractivity contribution in [3.8, 4) is 11.3 Å². The van der Waals surface area contributed by atoms with Crippen LogP contribution in [0.2, 0.25) is 0 Å². The number of nitrogens with one attached hydrogen (secondary N) is 1. The molecule has 0 atom stereocenters. The molecule has 0 radical (unpaired) electrons. The summed E-state index contributed by atoms with van der Waals surface area (Å²) >= 11 is 0. The van der Waals surface area contributed by atoms with Crippen molar-refractivity contribution in [3.05, 3.63) is 24.5 Å². The number of pyridine rings is 3. The molecule has 7 nitrogen and oxygen atoms in total. The third-order valence-electron chi connectivity index (χ3n) is 6.27. The minimum atomic E-state index is -0.0317. The maximum Gasteiger partial charge on any atom is 0.239 e. The molecule has 11 heteroatoms. The van der Waals surface area contributed by atoms with E-state index >= 15 is 0 Å². The zero-order valence-electron chi connectivity index (χ0n) is 19.0. The van der Waals surface area contributed by atoms with Crippen molar-refractivity contribution in [3.63, 3.8) is 0 Å². The molecular weight excluding hydrogens is 384 g/mol. The van der Waals surface area contributed by atoms with E-state index in [9.17, 15) is 4.79 Å². The smallest absolute Gasteiger partial charge is 0.239 e. The highest BCUT2D eigenvalue weighted by atomic mass is 16.2. The van der Waals surface area contributed by atoms with Crippen LogP contribution < -0.4 is 27.4 Å². The fraction of sp³-hybridized carbons (Fsp3) is 0.300. The zero-order valence-corrected chi connectivity index (χ0v) is 19.0. The number of carbonyl (C=O) groups is 1. The van der Waals surface area contributed by atoms with Crippen molar-refractivity contribution in [2.75, 3.05) is 45.1 Å². The lowest BCUT2D eigenvalue weighted by Crippen LogP contribution is -2.47. The average Bonchev–Trinajstić information content (AvgIpc) is 2.73. The van der Waals surface area contributed by atoms with E-state index in [0.29, 0.717) is 12.4 Å². The normalized spacial score (nSPS) is 15.3. The van der Waals surface area contributed by atoms with Crippen LogP contribution in [0.3, 0.4) is 0 Å². The summed E-state index contributed by atoms with van der Waals surface area (Å²) < 4.78 is 0. The number of likely N-dealkylation sites (N-methyl/N-ethyl adjacent to an activating group) is 1. The lowest BCUT2D eigenvalue weighted by Gasteiger charge is -2.31. The number of hydrogen-bond donors (Lipinski definition) is 1. The highest BCUT2D eigenvalue weighted by Crippen LogP contribution is 2.21. The summed E-state index contributed by atoms with van der Waals surface area (Å²) in [5.74, 6) is 0.533. The van der Waals surface area contributed by atoms with Crippen LogP contribution in [0.5, 0.6) is 0 Å². The molecule has 1 amide bonds. The summed E-state index contributed by atoms with van der Waals surface area (Å²) in [5, 5.41) is 4.88. The van der Waals surface area contributed by atoms with Gasteiger partial charge in [0, 0.05) is 55.1 Å². The van der Waals surface area contributed by atoms with Crippen molar-refractivity contribution < 1.29 is 4.79 Å². The van der Waals surface area contributed by atoms with Crippen molar-refractivity contribution in [1.29, 1.82) is 0 Å². The van der Waals surface area contributed by atoms with Gasteiger partial charge in [-0.15, -0.1) is 0 Å². The van der Waals surface area contributed by atoms with Crippen LogP contribution >= 0.6 is 0 Å². The monoisotopic (exact) mass is 410 g/mol. The molecule has 3 aromatic heterocycles. The van der Waals surface area contributed by atoms with Crippen molar-refractivity contribution in [2.24, 2.45) is 0 Å². The molecule has 154 valence electrons. The second kappa shape index (κ2) is 8.85. The van der Waals surface area contributed by atoms with E-state index in [-0.39, 0.29) is 5.91 Å². The van der Waals surface area contributed by atoms with E-state index < -0.39 is 0 Å². The van der Waals surface area contributed by atoms with Crippen LogP contribution in [-0.2, 0) is 4.79 Å². The van der Waals surface area contributed by atoms with Gasteiger partial charge in [0.25, 0.3) is 0 Å². The van der Waals surface area contributed by atoms with Crippen LogP contribution in [0.25, 0.3) is 22.0 Å². The summed E-state index contributed by atoms with van der Waals surface area (Å²) in [5.41, 5.74) is 6.37. The highest BCUT2D eigenvalue weighted by molar-refractivity contribution is 6.59. The number of fused-ring (bicyclic) bond motifs is 1. The quantitative estimate of drug-likeness (QED) is 0.435. The molecule has 4 rings (SSSR count). The van der Waals surface area contributed by atoms with E-state index in [1.54, 1.807) is 6.20 Å². The summed E-state index contributed by atoms with van der Waals surface area (Å²) in [7, 11) is 10.4. The average molecular weight is 410 g/mol. The van der Waals surface area contributed by atoms with Crippen LogP contribution in [-0.4, -0.2) is 102 Å². The molecule has 0 saturated carbocycles. The number of rotatable bonds is 4. The van der Waals surface area contributed by atoms with Gasteiger partial charge in [-0.1, -0.05) is 10.9 Å². The molecule has 0 bridgehead atoms. The Morgan fingerprint density at radius 1 is 0.968 bits per heavy atom. The van der Waals surface area contributed by atoms with Gasteiger partial charge in [0.05, 0.1) is 12.2 Å². The van der Waals surface area contributed by atoms with E-state index in [4.69, 9.17) is 4.98 Å². The van der Waals surface area contributed by atoms with E-state index in [2.05, 4.69) is 53.9 Å². The molecule has 0 aliphatic carbocycles. The lowest BCUT2D eigenvalue weighted by molar-refractivity contribution is -0.117. The van der Waals surface area contributed by atoms with Gasteiger partial charge in [0.15, 0.2) is 15.7 Å². The Hall–Kier alpha value is -2.64. The van der Waals surface area contributed by atoms with Gasteiger partial charge in [-0.2, -0.15) is 0 Å². The summed E-state index contributed by atoms with van der Waals surface area (Å²) in [6.45, 7) is 4.19. The Morgan fingerprint density at radius 2 is 1.68 bits per heavy atom. The van der Waals surface area contributed by atoms with Gasteiger partial charge >= 0.3 is 0 Å². The van der Waals surface area contributed by atoms with Crippen molar-refractivity contribution in [2.45, 2.75) is 0 Å². The molecule has 1 aliphatic heterocycles. The minimum Gasteiger partial charge on any atom is -0.310 e. The second-order valence-electron chi connectivity index (χ2n) is 8.52. The fourth-order valence-corrected chi connectivity index (χ4v) is 4.13. The fourth-order valence-electron chi connectivity index (χ4n) is 4.13. The molecule has 3 aromatic rings. The third kappa shape index (κ3) is 4.67. The molecule has 1 N–H and O–H groups in total. The van der Waals surface area contributed by atoms with Gasteiger partial charge in [-0.3, -0.25) is 19.7 Å². The SMILES string of the molecule is Bc1nc(B)c(-c2cc3cc(NC(=O)CN4CCN(C)CC4)ncc3cn2)c(B)c1B. The number of aromatic nitrogens is 3. The highest BCUT2D eigenvalue weighted by Gasteiger charge is 2.17. The number of anilines is 1. The Bertz CT molecular complexity index is 1150. The molecule has 1 fully saturated rings. The Labute approximate surface area is 186 Å². The number of hydrogen-bond acceptors (Lipinski definition) is 6. The van der Waals surface area contributed by atoms with Gasteiger partial charge in [0.2, 0.25) is 5.91 Å². The molecule has 0 aromatic carbocycles. The first kappa shape index (κ1) is 21.6. The zero-order chi connectivity index (χ0) is 22.1. The first-order valence-corrected chi connectivity index (χ1v) is 10.7. The van der Waals surface area contributed by atoms with Gasteiger partial charge in [-0.25, -0.2) is 4.98 Å². The van der Waals surface area contributed by atoms with Crippen LogP contribution in [0.1, 0.15) is 0 Å². The Balaban J connectivity index is 1.57. The Kier molecular flexibility index (Phi) is 6.16. The summed E-state index contributed by atoms with van der Waals surface area (Å²) in [4.78, 5) is 30.7. The Morgan fingerprint density at radius 3 is 2.42 bits per heavy atom. The van der Waals surface area contributed by atoms with E-state index in [1.807, 2.05) is 28.0 Å². The predicted molar refractivity (Wildman–Crippen MR) is 138 cm³/mol. The maximum atomic E-state index is 12.5. The van der Waals surface area contributed by atoms with Gasteiger partial charge in [0.1, 0.15) is 21.5 Å². The lowest BCUT2D eigenvalue weighted by atomic mass is 9.70. The topological polar surface area (TPSA) is 74.2 Å². The van der Waals surface area contributed by atoms with Gasteiger partial charge in [-0.05, 0) is 30.2 Å².